The van der Waals surface area contributed by atoms with Crippen molar-refractivity contribution in [3.63, 3.8) is 0 Å². The van der Waals surface area contributed by atoms with Crippen LogP contribution >= 0.6 is 0 Å². The largest absolute Gasteiger partial charge is 0.361 e. The number of halogens is 2. The van der Waals surface area contributed by atoms with Gasteiger partial charge in [-0.15, -0.1) is 0 Å². The van der Waals surface area contributed by atoms with Crippen LogP contribution in [0.4, 0.5) is 14.5 Å². The highest BCUT2D eigenvalue weighted by Gasteiger charge is 2.40. The Kier molecular flexibility index (Phi) is 5.00. The Bertz CT molecular complexity index is 1450. The lowest BCUT2D eigenvalue weighted by Crippen LogP contribution is -2.39. The van der Waals surface area contributed by atoms with E-state index in [4.69, 9.17) is 15.2 Å². The molecule has 2 aliphatic rings. The number of carbonyl (C=O) groups is 1. The Balaban J connectivity index is 1.50. The maximum Gasteiger partial charge on any atom is 0.227 e. The first-order valence-electron chi connectivity index (χ1n) is 11.8. The molecule has 1 amide bonds. The maximum absolute atomic E-state index is 14.1. The minimum atomic E-state index is -0.983. The van der Waals surface area contributed by atoms with Crippen molar-refractivity contribution in [1.29, 1.82) is 0 Å². The predicted molar refractivity (Wildman–Crippen MR) is 127 cm³/mol. The number of fused-ring (bicyclic) bond motifs is 1. The second kappa shape index (κ2) is 7.98. The standard InChI is InChI=1S/C26H25F2N5O2/c1-13-25(14(2)35-31-13)15-3-6-22-21(9-15)30-26(33(22)18-10-16(29)11-18)23-7-8-24(34)32(23)17-4-5-19(27)20(28)12-17/h3-6,9,12,16,18,23H,7-8,10-11,29H2,1-2H3/t16?,18?,23-/m0/s1. The van der Waals surface area contributed by atoms with Gasteiger partial charge >= 0.3 is 0 Å². The zero-order valence-electron chi connectivity index (χ0n) is 19.5. The molecule has 0 unspecified atom stereocenters. The second-order valence-corrected chi connectivity index (χ2v) is 9.54. The topological polar surface area (TPSA) is 90.2 Å². The first kappa shape index (κ1) is 21.9. The molecule has 180 valence electrons. The smallest absolute Gasteiger partial charge is 0.227 e. The number of imidazole rings is 1. The summed E-state index contributed by atoms with van der Waals surface area (Å²) in [6.07, 6.45) is 2.48. The van der Waals surface area contributed by atoms with Crippen molar-refractivity contribution in [3.8, 4) is 11.1 Å². The minimum Gasteiger partial charge on any atom is -0.361 e. The van der Waals surface area contributed by atoms with E-state index >= 15 is 0 Å². The van der Waals surface area contributed by atoms with Crippen molar-refractivity contribution in [3.05, 3.63) is 65.3 Å². The number of hydrogen-bond acceptors (Lipinski definition) is 5. The molecule has 1 saturated heterocycles. The molecular weight excluding hydrogens is 452 g/mol. The number of aromatic nitrogens is 3. The number of nitrogens with zero attached hydrogens (tertiary/aromatic N) is 4. The van der Waals surface area contributed by atoms with Crippen LogP contribution in [0.15, 0.2) is 40.9 Å². The highest BCUT2D eigenvalue weighted by atomic mass is 19.2. The first-order valence-corrected chi connectivity index (χ1v) is 11.8. The van der Waals surface area contributed by atoms with Crippen molar-refractivity contribution in [2.75, 3.05) is 4.90 Å². The minimum absolute atomic E-state index is 0.124. The van der Waals surface area contributed by atoms with Gasteiger partial charge in [0.1, 0.15) is 11.6 Å². The van der Waals surface area contributed by atoms with Crippen LogP contribution in [0.2, 0.25) is 0 Å². The summed E-state index contributed by atoms with van der Waals surface area (Å²) in [4.78, 5) is 19.5. The maximum atomic E-state index is 14.1. The lowest BCUT2D eigenvalue weighted by molar-refractivity contribution is -0.117. The van der Waals surface area contributed by atoms with E-state index in [9.17, 15) is 13.6 Å². The summed E-state index contributed by atoms with van der Waals surface area (Å²) in [5.74, 6) is -0.592. The normalized spacial score (nSPS) is 22.3. The van der Waals surface area contributed by atoms with Gasteiger partial charge in [0, 0.05) is 35.8 Å². The van der Waals surface area contributed by atoms with Gasteiger partial charge in [0.25, 0.3) is 0 Å². The van der Waals surface area contributed by atoms with E-state index in [-0.39, 0.29) is 24.0 Å². The van der Waals surface area contributed by atoms with Gasteiger partial charge in [-0.3, -0.25) is 4.79 Å². The van der Waals surface area contributed by atoms with E-state index in [1.54, 1.807) is 4.90 Å². The summed E-state index contributed by atoms with van der Waals surface area (Å²) in [6.45, 7) is 3.78. The molecule has 7 nitrogen and oxygen atoms in total. The molecule has 1 saturated carbocycles. The highest BCUT2D eigenvalue weighted by molar-refractivity contribution is 5.96. The molecule has 3 heterocycles. The van der Waals surface area contributed by atoms with Crippen LogP contribution in [0.1, 0.15) is 55.0 Å². The average molecular weight is 478 g/mol. The molecule has 1 aliphatic carbocycles. The van der Waals surface area contributed by atoms with E-state index in [1.165, 1.54) is 6.07 Å². The number of carbonyl (C=O) groups excluding carboxylic acids is 1. The molecule has 4 aromatic rings. The number of amides is 1. The third-order valence-corrected chi connectivity index (χ3v) is 7.25. The van der Waals surface area contributed by atoms with E-state index in [0.29, 0.717) is 18.5 Å². The molecule has 0 radical (unpaired) electrons. The van der Waals surface area contributed by atoms with Crippen LogP contribution in [-0.2, 0) is 4.79 Å². The molecule has 1 atom stereocenters. The van der Waals surface area contributed by atoms with Gasteiger partial charge in [0.05, 0.1) is 22.8 Å². The number of hydrogen-bond donors (Lipinski definition) is 1. The first-order chi connectivity index (χ1) is 16.8. The molecule has 0 bridgehead atoms. The summed E-state index contributed by atoms with van der Waals surface area (Å²) in [5, 5.41) is 4.07. The third kappa shape index (κ3) is 3.44. The summed E-state index contributed by atoms with van der Waals surface area (Å²) >= 11 is 0. The molecule has 9 heteroatoms. The molecular formula is C26H25F2N5O2. The van der Waals surface area contributed by atoms with Crippen molar-refractivity contribution < 1.29 is 18.1 Å². The van der Waals surface area contributed by atoms with Crippen LogP contribution in [0, 0.1) is 25.5 Å². The summed E-state index contributed by atoms with van der Waals surface area (Å²) in [7, 11) is 0. The van der Waals surface area contributed by atoms with Gasteiger partial charge in [-0.1, -0.05) is 11.2 Å². The van der Waals surface area contributed by atoms with Crippen LogP contribution in [-0.4, -0.2) is 26.7 Å². The Labute approximate surface area is 200 Å². The molecule has 2 aromatic heterocycles. The van der Waals surface area contributed by atoms with Gasteiger partial charge in [0.2, 0.25) is 5.91 Å². The van der Waals surface area contributed by atoms with Crippen molar-refractivity contribution in [2.45, 2.75) is 57.7 Å². The Morgan fingerprint density at radius 2 is 1.89 bits per heavy atom. The predicted octanol–water partition coefficient (Wildman–Crippen LogP) is 5.12. The Morgan fingerprint density at radius 1 is 1.09 bits per heavy atom. The third-order valence-electron chi connectivity index (χ3n) is 7.25. The van der Waals surface area contributed by atoms with Crippen LogP contribution in [0.3, 0.4) is 0 Å². The van der Waals surface area contributed by atoms with Gasteiger partial charge in [0.15, 0.2) is 11.6 Å². The van der Waals surface area contributed by atoms with E-state index in [0.717, 1.165) is 64.4 Å². The molecule has 2 N–H and O–H groups in total. The van der Waals surface area contributed by atoms with Gasteiger partial charge in [-0.05, 0) is 62.9 Å². The number of benzene rings is 2. The fourth-order valence-corrected chi connectivity index (χ4v) is 5.51. The number of anilines is 1. The monoisotopic (exact) mass is 477 g/mol. The molecule has 2 fully saturated rings. The quantitative estimate of drug-likeness (QED) is 0.441. The van der Waals surface area contributed by atoms with E-state index in [2.05, 4.69) is 9.72 Å². The molecule has 0 spiro atoms. The second-order valence-electron chi connectivity index (χ2n) is 9.54. The van der Waals surface area contributed by atoms with Gasteiger partial charge < -0.3 is 19.7 Å². The zero-order valence-corrected chi connectivity index (χ0v) is 19.5. The summed E-state index contributed by atoms with van der Waals surface area (Å²) < 4.78 is 35.2. The van der Waals surface area contributed by atoms with Crippen molar-refractivity contribution in [1.82, 2.24) is 14.7 Å². The SMILES string of the molecule is Cc1noc(C)c1-c1ccc2c(c1)nc([C@@H]1CCC(=O)N1c1ccc(F)c(F)c1)n2C1CC(N)C1. The summed E-state index contributed by atoms with van der Waals surface area (Å²) in [6, 6.07) is 9.55. The number of aryl methyl sites for hydroxylation is 2. The summed E-state index contributed by atoms with van der Waals surface area (Å²) in [5.41, 5.74) is 10.9. The van der Waals surface area contributed by atoms with Gasteiger partial charge in [-0.2, -0.15) is 0 Å². The molecule has 6 rings (SSSR count). The average Bonchev–Trinajstić information content (AvgIpc) is 3.47. The highest BCUT2D eigenvalue weighted by Crippen LogP contribution is 2.43. The number of rotatable bonds is 4. The molecule has 2 aromatic carbocycles. The lowest BCUT2D eigenvalue weighted by Gasteiger charge is -2.36. The van der Waals surface area contributed by atoms with E-state index in [1.807, 2.05) is 32.0 Å². The van der Waals surface area contributed by atoms with Crippen LogP contribution in [0.25, 0.3) is 22.2 Å². The van der Waals surface area contributed by atoms with Crippen molar-refractivity contribution in [2.24, 2.45) is 5.73 Å². The Morgan fingerprint density at radius 3 is 2.57 bits per heavy atom. The van der Waals surface area contributed by atoms with Crippen LogP contribution in [0.5, 0.6) is 0 Å². The zero-order chi connectivity index (χ0) is 24.4. The van der Waals surface area contributed by atoms with Crippen molar-refractivity contribution >= 4 is 22.6 Å². The van der Waals surface area contributed by atoms with Gasteiger partial charge in [-0.25, -0.2) is 13.8 Å². The Hall–Kier alpha value is -3.59. The number of nitrogens with two attached hydrogens (primary N) is 1. The van der Waals surface area contributed by atoms with Crippen LogP contribution < -0.4 is 10.6 Å². The molecule has 1 aliphatic heterocycles. The fourth-order valence-electron chi connectivity index (χ4n) is 5.51. The fraction of sp³-hybridized carbons (Fsp3) is 0.346. The van der Waals surface area contributed by atoms with E-state index < -0.39 is 11.6 Å². The lowest BCUT2D eigenvalue weighted by atomic mass is 9.87. The molecule has 35 heavy (non-hydrogen) atoms.